The van der Waals surface area contributed by atoms with Gasteiger partial charge in [0.05, 0.1) is 0 Å². The standard InChI is InChI=1S/C12H17N3OS2/c1-15-7-5-14-12(15)11(10-4-3-8-17-10)13-6-9-18(2)16/h3-5,7-8,11,13H,6,9H2,1-2H3. The summed E-state index contributed by atoms with van der Waals surface area (Å²) in [5, 5.41) is 5.49. The van der Waals surface area contributed by atoms with E-state index in [0.29, 0.717) is 5.75 Å². The number of nitrogens with one attached hydrogen (secondary N) is 1. The van der Waals surface area contributed by atoms with E-state index in [1.807, 2.05) is 23.9 Å². The Morgan fingerprint density at radius 2 is 2.44 bits per heavy atom. The third kappa shape index (κ3) is 3.28. The molecule has 0 saturated carbocycles. The zero-order valence-electron chi connectivity index (χ0n) is 10.5. The molecule has 0 amide bonds. The highest BCUT2D eigenvalue weighted by atomic mass is 32.2. The molecule has 2 aromatic rings. The average molecular weight is 283 g/mol. The molecule has 18 heavy (non-hydrogen) atoms. The lowest BCUT2D eigenvalue weighted by Gasteiger charge is -2.17. The van der Waals surface area contributed by atoms with Crippen molar-refractivity contribution in [3.05, 3.63) is 40.6 Å². The highest BCUT2D eigenvalue weighted by Crippen LogP contribution is 2.24. The number of nitrogens with zero attached hydrogens (tertiary/aromatic N) is 2. The minimum absolute atomic E-state index is 0.0774. The zero-order chi connectivity index (χ0) is 13.0. The molecule has 4 nitrogen and oxygen atoms in total. The molecule has 0 spiro atoms. The Hall–Kier alpha value is -0.980. The van der Waals surface area contributed by atoms with E-state index in [1.165, 1.54) is 4.88 Å². The maximum Gasteiger partial charge on any atom is 0.131 e. The predicted molar refractivity (Wildman–Crippen MR) is 76.3 cm³/mol. The van der Waals surface area contributed by atoms with Crippen LogP contribution in [0.1, 0.15) is 16.7 Å². The van der Waals surface area contributed by atoms with Crippen molar-refractivity contribution in [1.29, 1.82) is 0 Å². The summed E-state index contributed by atoms with van der Waals surface area (Å²) in [6.45, 7) is 0.721. The van der Waals surface area contributed by atoms with Gasteiger partial charge in [0.25, 0.3) is 0 Å². The third-order valence-corrected chi connectivity index (χ3v) is 4.40. The maximum atomic E-state index is 11.1. The summed E-state index contributed by atoms with van der Waals surface area (Å²) < 4.78 is 13.1. The second-order valence-electron chi connectivity index (χ2n) is 4.08. The minimum atomic E-state index is -0.767. The molecule has 0 fully saturated rings. The fourth-order valence-corrected chi connectivity index (χ4v) is 2.98. The van der Waals surface area contributed by atoms with E-state index in [4.69, 9.17) is 0 Å². The Morgan fingerprint density at radius 1 is 1.61 bits per heavy atom. The number of hydrogen-bond acceptors (Lipinski definition) is 4. The molecule has 0 bridgehead atoms. The topological polar surface area (TPSA) is 46.9 Å². The highest BCUT2D eigenvalue weighted by Gasteiger charge is 2.18. The predicted octanol–water partition coefficient (Wildman–Crippen LogP) is 1.54. The summed E-state index contributed by atoms with van der Waals surface area (Å²) in [6.07, 6.45) is 5.47. The van der Waals surface area contributed by atoms with Gasteiger partial charge >= 0.3 is 0 Å². The largest absolute Gasteiger partial charge is 0.336 e. The number of aromatic nitrogens is 2. The van der Waals surface area contributed by atoms with Crippen LogP contribution in [0.5, 0.6) is 0 Å². The quantitative estimate of drug-likeness (QED) is 0.875. The summed E-state index contributed by atoms with van der Waals surface area (Å²) in [4.78, 5) is 5.63. The minimum Gasteiger partial charge on any atom is -0.336 e. The molecule has 2 atom stereocenters. The molecule has 0 aliphatic carbocycles. The van der Waals surface area contributed by atoms with Gasteiger partial charge in [0, 0.05) is 53.7 Å². The fourth-order valence-electron chi connectivity index (χ4n) is 1.78. The van der Waals surface area contributed by atoms with Crippen molar-refractivity contribution in [2.24, 2.45) is 7.05 Å². The van der Waals surface area contributed by atoms with Crippen molar-refractivity contribution in [3.8, 4) is 0 Å². The van der Waals surface area contributed by atoms with E-state index in [-0.39, 0.29) is 6.04 Å². The first kappa shape index (κ1) is 13.5. The van der Waals surface area contributed by atoms with Crippen LogP contribution in [0.2, 0.25) is 0 Å². The first-order chi connectivity index (χ1) is 8.68. The van der Waals surface area contributed by atoms with Crippen molar-refractivity contribution in [1.82, 2.24) is 14.9 Å². The lowest BCUT2D eigenvalue weighted by molar-refractivity contribution is 0.584. The van der Waals surface area contributed by atoms with Crippen molar-refractivity contribution in [3.63, 3.8) is 0 Å². The molecule has 2 unspecified atom stereocenters. The second-order valence-corrected chi connectivity index (χ2v) is 6.61. The molecule has 2 rings (SSSR count). The number of imidazole rings is 1. The summed E-state index contributed by atoms with van der Waals surface area (Å²) in [6, 6.07) is 4.21. The van der Waals surface area contributed by atoms with Crippen LogP contribution in [0.25, 0.3) is 0 Å². The van der Waals surface area contributed by atoms with E-state index in [1.54, 1.807) is 23.8 Å². The number of aryl methyl sites for hydroxylation is 1. The summed E-state index contributed by atoms with van der Waals surface area (Å²) in [7, 11) is 1.22. The molecular weight excluding hydrogens is 266 g/mol. The van der Waals surface area contributed by atoms with Gasteiger partial charge in [-0.3, -0.25) is 4.21 Å². The number of hydrogen-bond donors (Lipinski definition) is 1. The molecule has 0 aromatic carbocycles. The summed E-state index contributed by atoms with van der Waals surface area (Å²) >= 11 is 1.71. The average Bonchev–Trinajstić information content (AvgIpc) is 2.96. The van der Waals surface area contributed by atoms with Gasteiger partial charge in [-0.1, -0.05) is 6.07 Å². The van der Waals surface area contributed by atoms with Gasteiger partial charge in [-0.25, -0.2) is 4.98 Å². The van der Waals surface area contributed by atoms with E-state index in [2.05, 4.69) is 21.7 Å². The van der Waals surface area contributed by atoms with Gasteiger partial charge in [-0.05, 0) is 11.4 Å². The smallest absolute Gasteiger partial charge is 0.131 e. The first-order valence-corrected chi connectivity index (χ1v) is 8.33. The lowest BCUT2D eigenvalue weighted by Crippen LogP contribution is -2.28. The maximum absolute atomic E-state index is 11.1. The van der Waals surface area contributed by atoms with Crippen LogP contribution >= 0.6 is 11.3 Å². The van der Waals surface area contributed by atoms with Gasteiger partial charge in [0.15, 0.2) is 0 Å². The Morgan fingerprint density at radius 3 is 3.00 bits per heavy atom. The van der Waals surface area contributed by atoms with Crippen LogP contribution in [0.4, 0.5) is 0 Å². The monoisotopic (exact) mass is 283 g/mol. The molecular formula is C12H17N3OS2. The van der Waals surface area contributed by atoms with Crippen molar-refractivity contribution < 1.29 is 4.21 Å². The fraction of sp³-hybridized carbons (Fsp3) is 0.417. The van der Waals surface area contributed by atoms with Crippen molar-refractivity contribution in [2.75, 3.05) is 18.6 Å². The van der Waals surface area contributed by atoms with Gasteiger partial charge in [0.2, 0.25) is 0 Å². The van der Waals surface area contributed by atoms with Gasteiger partial charge in [-0.2, -0.15) is 0 Å². The Labute approximate surface area is 114 Å². The molecule has 0 aliphatic heterocycles. The van der Waals surface area contributed by atoms with Crippen LogP contribution in [-0.2, 0) is 17.8 Å². The number of thiophene rings is 1. The van der Waals surface area contributed by atoms with Crippen LogP contribution in [-0.4, -0.2) is 32.3 Å². The van der Waals surface area contributed by atoms with Gasteiger partial charge in [-0.15, -0.1) is 11.3 Å². The molecule has 2 heterocycles. The SMILES string of the molecule is Cn1ccnc1C(NCCS(C)=O)c1cccs1. The molecule has 2 aromatic heterocycles. The van der Waals surface area contributed by atoms with E-state index in [0.717, 1.165) is 12.4 Å². The van der Waals surface area contributed by atoms with Crippen molar-refractivity contribution in [2.45, 2.75) is 6.04 Å². The first-order valence-electron chi connectivity index (χ1n) is 5.72. The van der Waals surface area contributed by atoms with Crippen molar-refractivity contribution >= 4 is 22.1 Å². The summed E-state index contributed by atoms with van der Waals surface area (Å²) in [5.41, 5.74) is 0. The Balaban J connectivity index is 2.14. The lowest BCUT2D eigenvalue weighted by atomic mass is 10.2. The van der Waals surface area contributed by atoms with Gasteiger partial charge < -0.3 is 9.88 Å². The third-order valence-electron chi connectivity index (χ3n) is 2.68. The van der Waals surface area contributed by atoms with Gasteiger partial charge in [0.1, 0.15) is 11.9 Å². The molecule has 98 valence electrons. The number of rotatable bonds is 6. The van der Waals surface area contributed by atoms with E-state index in [9.17, 15) is 4.21 Å². The Bertz CT molecular complexity index is 507. The van der Waals surface area contributed by atoms with E-state index >= 15 is 0 Å². The van der Waals surface area contributed by atoms with Crippen LogP contribution in [0.3, 0.4) is 0 Å². The highest BCUT2D eigenvalue weighted by molar-refractivity contribution is 7.84. The molecule has 0 radical (unpaired) electrons. The summed E-state index contributed by atoms with van der Waals surface area (Å²) in [5.74, 6) is 1.64. The second kappa shape index (κ2) is 6.26. The van der Waals surface area contributed by atoms with Crippen LogP contribution < -0.4 is 5.32 Å². The Kier molecular flexibility index (Phi) is 4.68. The molecule has 0 aliphatic rings. The van der Waals surface area contributed by atoms with E-state index < -0.39 is 10.8 Å². The molecule has 1 N–H and O–H groups in total. The normalized spacial score (nSPS) is 14.6. The molecule has 6 heteroatoms. The van der Waals surface area contributed by atoms with Crippen LogP contribution in [0.15, 0.2) is 29.9 Å². The zero-order valence-corrected chi connectivity index (χ0v) is 12.1. The molecule has 0 saturated heterocycles. The van der Waals surface area contributed by atoms with Crippen LogP contribution in [0, 0.1) is 0 Å².